The first-order valence-electron chi connectivity index (χ1n) is 6.58. The molecule has 0 aliphatic carbocycles. The molecular weight excluding hydrogens is 276 g/mol. The van der Waals surface area contributed by atoms with Gasteiger partial charge in [0.1, 0.15) is 6.54 Å². The van der Waals surface area contributed by atoms with Crippen molar-refractivity contribution < 1.29 is 19.1 Å². The minimum atomic E-state index is -0.546. The second-order valence-corrected chi connectivity index (χ2v) is 4.83. The number of ether oxygens (including phenoxy) is 2. The fourth-order valence-electron chi connectivity index (χ4n) is 1.79. The van der Waals surface area contributed by atoms with Crippen LogP contribution in [-0.4, -0.2) is 48.0 Å². The standard InChI is InChI=1S/C13H22N4O4/c1-8(6-20-4)15-11(18)7-21-12(19)5-17-10(3)13(14)9(2)16-17/h8H,5-7,14H2,1-4H3,(H,15,18). The Morgan fingerprint density at radius 1 is 1.43 bits per heavy atom. The lowest BCUT2D eigenvalue weighted by Crippen LogP contribution is -2.38. The summed E-state index contributed by atoms with van der Waals surface area (Å²) in [4.78, 5) is 23.2. The zero-order chi connectivity index (χ0) is 16.0. The van der Waals surface area contributed by atoms with E-state index in [0.717, 1.165) is 0 Å². The Labute approximate surface area is 123 Å². The highest BCUT2D eigenvalue weighted by Gasteiger charge is 2.14. The number of carbonyl (C=O) groups is 2. The number of nitrogens with zero attached hydrogens (tertiary/aromatic N) is 2. The van der Waals surface area contributed by atoms with Crippen LogP contribution < -0.4 is 11.1 Å². The van der Waals surface area contributed by atoms with Gasteiger partial charge in [-0.3, -0.25) is 14.3 Å². The minimum absolute atomic E-state index is 0.0786. The van der Waals surface area contributed by atoms with Gasteiger partial charge in [0, 0.05) is 13.2 Å². The van der Waals surface area contributed by atoms with Crippen molar-refractivity contribution in [1.29, 1.82) is 0 Å². The Hall–Kier alpha value is -2.09. The Kier molecular flexibility index (Phi) is 6.16. The summed E-state index contributed by atoms with van der Waals surface area (Å²) in [6.07, 6.45) is 0. The van der Waals surface area contributed by atoms with Gasteiger partial charge in [-0.25, -0.2) is 0 Å². The zero-order valence-electron chi connectivity index (χ0n) is 12.8. The van der Waals surface area contributed by atoms with Gasteiger partial charge in [0.2, 0.25) is 0 Å². The van der Waals surface area contributed by atoms with E-state index in [-0.39, 0.29) is 25.1 Å². The molecular formula is C13H22N4O4. The van der Waals surface area contributed by atoms with Gasteiger partial charge in [0.25, 0.3) is 5.91 Å². The van der Waals surface area contributed by atoms with Crippen LogP contribution in [0.3, 0.4) is 0 Å². The summed E-state index contributed by atoms with van der Waals surface area (Å²) in [5.41, 5.74) is 7.68. The van der Waals surface area contributed by atoms with Gasteiger partial charge in [-0.05, 0) is 20.8 Å². The first-order valence-corrected chi connectivity index (χ1v) is 6.58. The van der Waals surface area contributed by atoms with E-state index in [0.29, 0.717) is 23.7 Å². The molecule has 0 radical (unpaired) electrons. The average Bonchev–Trinajstić information content (AvgIpc) is 2.64. The molecule has 1 aromatic heterocycles. The van der Waals surface area contributed by atoms with E-state index < -0.39 is 5.97 Å². The van der Waals surface area contributed by atoms with Crippen LogP contribution in [0.5, 0.6) is 0 Å². The van der Waals surface area contributed by atoms with Crippen molar-refractivity contribution >= 4 is 17.6 Å². The number of methoxy groups -OCH3 is 1. The molecule has 1 amide bonds. The van der Waals surface area contributed by atoms with Crippen LogP contribution >= 0.6 is 0 Å². The molecule has 1 unspecified atom stereocenters. The molecule has 0 saturated carbocycles. The zero-order valence-corrected chi connectivity index (χ0v) is 12.8. The number of nitrogen functional groups attached to an aromatic ring is 1. The first-order chi connectivity index (χ1) is 9.85. The summed E-state index contributed by atoms with van der Waals surface area (Å²) in [6, 6.07) is -0.142. The lowest BCUT2D eigenvalue weighted by atomic mass is 10.3. The summed E-state index contributed by atoms with van der Waals surface area (Å²) in [7, 11) is 1.54. The maximum Gasteiger partial charge on any atom is 0.328 e. The maximum absolute atomic E-state index is 11.7. The van der Waals surface area contributed by atoms with E-state index in [1.165, 1.54) is 4.68 Å². The van der Waals surface area contributed by atoms with Crippen LogP contribution in [0.15, 0.2) is 0 Å². The normalized spacial score (nSPS) is 12.0. The highest BCUT2D eigenvalue weighted by atomic mass is 16.5. The second kappa shape index (κ2) is 7.63. The van der Waals surface area contributed by atoms with Crippen molar-refractivity contribution in [3.63, 3.8) is 0 Å². The lowest BCUT2D eigenvalue weighted by molar-refractivity contribution is -0.149. The third kappa shape index (κ3) is 5.07. The van der Waals surface area contributed by atoms with Crippen LogP contribution in [-0.2, 0) is 25.6 Å². The van der Waals surface area contributed by atoms with Crippen molar-refractivity contribution in [3.05, 3.63) is 11.4 Å². The second-order valence-electron chi connectivity index (χ2n) is 4.83. The fourth-order valence-corrected chi connectivity index (χ4v) is 1.79. The van der Waals surface area contributed by atoms with Gasteiger partial charge < -0.3 is 20.5 Å². The SMILES string of the molecule is COCC(C)NC(=O)COC(=O)Cn1nc(C)c(N)c1C. The summed E-state index contributed by atoms with van der Waals surface area (Å²) >= 11 is 0. The summed E-state index contributed by atoms with van der Waals surface area (Å²) in [5, 5.41) is 6.76. The Morgan fingerprint density at radius 3 is 2.62 bits per heavy atom. The largest absolute Gasteiger partial charge is 0.454 e. The first kappa shape index (κ1) is 17.0. The summed E-state index contributed by atoms with van der Waals surface area (Å²) in [5.74, 6) is -0.920. The molecule has 1 aromatic rings. The third-order valence-electron chi connectivity index (χ3n) is 2.90. The van der Waals surface area contributed by atoms with E-state index in [4.69, 9.17) is 15.2 Å². The van der Waals surface area contributed by atoms with Crippen LogP contribution in [0.1, 0.15) is 18.3 Å². The monoisotopic (exact) mass is 298 g/mol. The number of hydrogen-bond donors (Lipinski definition) is 2. The van der Waals surface area contributed by atoms with Gasteiger partial charge in [0.15, 0.2) is 6.61 Å². The predicted octanol–water partition coefficient (Wildman–Crippen LogP) is -0.224. The smallest absolute Gasteiger partial charge is 0.328 e. The molecule has 21 heavy (non-hydrogen) atoms. The van der Waals surface area contributed by atoms with Crippen LogP contribution in [0.4, 0.5) is 5.69 Å². The molecule has 1 atom stereocenters. The molecule has 0 aliphatic rings. The summed E-state index contributed by atoms with van der Waals surface area (Å²) < 4.78 is 11.2. The van der Waals surface area contributed by atoms with Gasteiger partial charge in [-0.2, -0.15) is 5.10 Å². The van der Waals surface area contributed by atoms with Crippen molar-refractivity contribution in [2.45, 2.75) is 33.4 Å². The average molecular weight is 298 g/mol. The topological polar surface area (TPSA) is 108 Å². The molecule has 0 aromatic carbocycles. The fraction of sp³-hybridized carbons (Fsp3) is 0.615. The Balaban J connectivity index is 2.40. The number of carbonyl (C=O) groups excluding carboxylic acids is 2. The van der Waals surface area contributed by atoms with E-state index in [1.807, 2.05) is 0 Å². The maximum atomic E-state index is 11.7. The van der Waals surface area contributed by atoms with E-state index in [2.05, 4.69) is 10.4 Å². The lowest BCUT2D eigenvalue weighted by Gasteiger charge is -2.12. The van der Waals surface area contributed by atoms with Crippen LogP contribution in [0.2, 0.25) is 0 Å². The number of nitrogens with two attached hydrogens (primary N) is 1. The van der Waals surface area contributed by atoms with Gasteiger partial charge >= 0.3 is 5.97 Å². The molecule has 8 heteroatoms. The highest BCUT2D eigenvalue weighted by molar-refractivity contribution is 5.80. The Bertz CT molecular complexity index is 513. The number of aromatic nitrogens is 2. The molecule has 0 aliphatic heterocycles. The molecule has 3 N–H and O–H groups in total. The molecule has 1 rings (SSSR count). The van der Waals surface area contributed by atoms with E-state index in [9.17, 15) is 9.59 Å². The Morgan fingerprint density at radius 2 is 2.10 bits per heavy atom. The number of hydrogen-bond acceptors (Lipinski definition) is 6. The molecule has 0 spiro atoms. The minimum Gasteiger partial charge on any atom is -0.454 e. The quantitative estimate of drug-likeness (QED) is 0.673. The number of amides is 1. The van der Waals surface area contributed by atoms with Crippen molar-refractivity contribution in [3.8, 4) is 0 Å². The van der Waals surface area contributed by atoms with Gasteiger partial charge in [-0.15, -0.1) is 0 Å². The number of rotatable bonds is 7. The predicted molar refractivity (Wildman–Crippen MR) is 76.6 cm³/mol. The molecule has 8 nitrogen and oxygen atoms in total. The van der Waals surface area contributed by atoms with E-state index >= 15 is 0 Å². The number of esters is 1. The van der Waals surface area contributed by atoms with Crippen molar-refractivity contribution in [1.82, 2.24) is 15.1 Å². The molecule has 0 bridgehead atoms. The van der Waals surface area contributed by atoms with Crippen LogP contribution in [0.25, 0.3) is 0 Å². The third-order valence-corrected chi connectivity index (χ3v) is 2.90. The van der Waals surface area contributed by atoms with Crippen molar-refractivity contribution in [2.24, 2.45) is 0 Å². The highest BCUT2D eigenvalue weighted by Crippen LogP contribution is 2.14. The number of nitrogens with one attached hydrogen (secondary N) is 1. The molecule has 0 fully saturated rings. The summed E-state index contributed by atoms with van der Waals surface area (Å²) in [6.45, 7) is 5.30. The number of aryl methyl sites for hydroxylation is 1. The van der Waals surface area contributed by atoms with Gasteiger partial charge in [-0.1, -0.05) is 0 Å². The molecule has 0 saturated heterocycles. The molecule has 118 valence electrons. The van der Waals surface area contributed by atoms with Gasteiger partial charge in [0.05, 0.1) is 23.7 Å². The van der Waals surface area contributed by atoms with Crippen molar-refractivity contribution in [2.75, 3.05) is 26.1 Å². The van der Waals surface area contributed by atoms with E-state index in [1.54, 1.807) is 27.9 Å². The van der Waals surface area contributed by atoms with Crippen LogP contribution in [0, 0.1) is 13.8 Å². The number of anilines is 1. The molecule has 1 heterocycles.